The summed E-state index contributed by atoms with van der Waals surface area (Å²) in [6, 6.07) is 9.72. The Balaban J connectivity index is 2.04. The van der Waals surface area contributed by atoms with Crippen LogP contribution < -0.4 is 9.44 Å². The molecule has 10 heteroatoms. The number of halogens is 2. The van der Waals surface area contributed by atoms with Crippen molar-refractivity contribution >= 4 is 36.0 Å². The first-order chi connectivity index (χ1) is 12.5. The largest absolute Gasteiger partial charge is 0.241 e. The molecule has 0 fully saturated rings. The molecule has 0 aliphatic rings. The quantitative estimate of drug-likeness (QED) is 0.609. The zero-order valence-corrected chi connectivity index (χ0v) is 18.0. The van der Waals surface area contributed by atoms with Crippen LogP contribution in [0, 0.1) is 5.82 Å². The monoisotopic (exact) mass is 478 g/mol. The van der Waals surface area contributed by atoms with E-state index in [-0.39, 0.29) is 27.7 Å². The van der Waals surface area contributed by atoms with Crippen LogP contribution in [0.1, 0.15) is 25.0 Å². The van der Waals surface area contributed by atoms with E-state index in [1.165, 1.54) is 6.07 Å². The molecule has 0 radical (unpaired) electrons. The van der Waals surface area contributed by atoms with Crippen LogP contribution in [0.2, 0.25) is 0 Å². The van der Waals surface area contributed by atoms with Crippen LogP contribution in [0.15, 0.2) is 51.8 Å². The molecule has 6 nitrogen and oxygen atoms in total. The van der Waals surface area contributed by atoms with Gasteiger partial charge in [-0.15, -0.1) is 0 Å². The molecule has 0 saturated heterocycles. The van der Waals surface area contributed by atoms with Crippen molar-refractivity contribution in [2.24, 2.45) is 0 Å². The Labute approximate surface area is 167 Å². The highest BCUT2D eigenvalue weighted by atomic mass is 79.9. The lowest BCUT2D eigenvalue weighted by Gasteiger charge is -2.11. The van der Waals surface area contributed by atoms with Gasteiger partial charge in [0.25, 0.3) is 0 Å². The molecular formula is C17H20BrFN2O4S2. The number of rotatable bonds is 8. The summed E-state index contributed by atoms with van der Waals surface area (Å²) in [6.45, 7) is 3.50. The van der Waals surface area contributed by atoms with Gasteiger partial charge in [-0.2, -0.15) is 0 Å². The third kappa shape index (κ3) is 6.65. The van der Waals surface area contributed by atoms with Crippen molar-refractivity contribution in [3.8, 4) is 0 Å². The number of nitrogens with one attached hydrogen (secondary N) is 2. The fraction of sp³-hybridized carbons (Fsp3) is 0.294. The van der Waals surface area contributed by atoms with Crippen LogP contribution in [0.5, 0.6) is 0 Å². The maximum absolute atomic E-state index is 13.1. The van der Waals surface area contributed by atoms with E-state index in [0.29, 0.717) is 11.1 Å². The number of sulfonamides is 2. The average molecular weight is 479 g/mol. The van der Waals surface area contributed by atoms with E-state index in [1.807, 2.05) is 0 Å². The van der Waals surface area contributed by atoms with Crippen molar-refractivity contribution in [3.63, 3.8) is 0 Å². The Morgan fingerprint density at radius 2 is 1.59 bits per heavy atom. The molecule has 2 aromatic carbocycles. The smallest absolute Gasteiger partial charge is 0.212 e. The second-order valence-electron chi connectivity index (χ2n) is 6.25. The lowest BCUT2D eigenvalue weighted by atomic mass is 10.1. The molecular weight excluding hydrogens is 459 g/mol. The van der Waals surface area contributed by atoms with Gasteiger partial charge in [0.15, 0.2) is 0 Å². The highest BCUT2D eigenvalue weighted by Gasteiger charge is 2.18. The van der Waals surface area contributed by atoms with Crippen molar-refractivity contribution < 1.29 is 21.2 Å². The number of hydrogen-bond acceptors (Lipinski definition) is 4. The second kappa shape index (κ2) is 8.78. The number of hydrogen-bond donors (Lipinski definition) is 2. The highest BCUT2D eigenvalue weighted by Crippen LogP contribution is 2.22. The SMILES string of the molecule is CC(C)NS(=O)(=O)Cc1ccc(CNS(=O)(=O)c2ccc(F)cc2Br)cc1. The standard InChI is InChI=1S/C17H20BrFN2O4S2/c1-12(2)21-26(22,23)11-14-5-3-13(4-6-14)10-20-27(24,25)17-8-7-15(19)9-16(17)18/h3-9,12,20-21H,10-11H2,1-2H3. The van der Waals surface area contributed by atoms with Gasteiger partial charge in [0.2, 0.25) is 20.0 Å². The van der Waals surface area contributed by atoms with E-state index in [1.54, 1.807) is 38.1 Å². The fourth-order valence-corrected chi connectivity index (χ4v) is 5.82. The average Bonchev–Trinajstić information content (AvgIpc) is 2.52. The zero-order valence-electron chi connectivity index (χ0n) is 14.7. The van der Waals surface area contributed by atoms with Crippen LogP contribution in [0.3, 0.4) is 0 Å². The summed E-state index contributed by atoms with van der Waals surface area (Å²) >= 11 is 3.04. The summed E-state index contributed by atoms with van der Waals surface area (Å²) in [5.74, 6) is -0.696. The molecule has 0 amide bonds. The minimum atomic E-state index is -3.83. The summed E-state index contributed by atoms with van der Waals surface area (Å²) in [7, 11) is -7.25. The van der Waals surface area contributed by atoms with Crippen LogP contribution >= 0.6 is 15.9 Å². The summed E-state index contributed by atoms with van der Waals surface area (Å²) in [5.41, 5.74) is 1.26. The minimum absolute atomic E-state index is 0.0173. The zero-order chi connectivity index (χ0) is 20.2. The predicted molar refractivity (Wildman–Crippen MR) is 105 cm³/mol. The number of benzene rings is 2. The Morgan fingerprint density at radius 1 is 1.00 bits per heavy atom. The Kier molecular flexibility index (Phi) is 7.14. The Morgan fingerprint density at radius 3 is 2.15 bits per heavy atom. The van der Waals surface area contributed by atoms with Gasteiger partial charge in [0, 0.05) is 17.1 Å². The fourth-order valence-electron chi connectivity index (χ4n) is 2.32. The summed E-state index contributed by atoms with van der Waals surface area (Å²) in [6.07, 6.45) is 0. The van der Waals surface area contributed by atoms with E-state index in [2.05, 4.69) is 25.4 Å². The van der Waals surface area contributed by atoms with Crippen molar-refractivity contribution in [2.75, 3.05) is 0 Å². The summed E-state index contributed by atoms with van der Waals surface area (Å²) in [5, 5.41) is 0. The van der Waals surface area contributed by atoms with Gasteiger partial charge < -0.3 is 0 Å². The van der Waals surface area contributed by atoms with Gasteiger partial charge in [-0.3, -0.25) is 0 Å². The normalized spacial score (nSPS) is 12.5. The topological polar surface area (TPSA) is 92.3 Å². The molecule has 0 spiro atoms. The molecule has 148 valence electrons. The lowest BCUT2D eigenvalue weighted by molar-refractivity contribution is 0.569. The summed E-state index contributed by atoms with van der Waals surface area (Å²) in [4.78, 5) is -0.0635. The Hall–Kier alpha value is -1.33. The van der Waals surface area contributed by atoms with E-state index in [4.69, 9.17) is 0 Å². The van der Waals surface area contributed by atoms with E-state index in [0.717, 1.165) is 12.1 Å². The molecule has 0 aromatic heterocycles. The van der Waals surface area contributed by atoms with Gasteiger partial charge in [-0.25, -0.2) is 30.7 Å². The van der Waals surface area contributed by atoms with Gasteiger partial charge in [-0.05, 0) is 59.1 Å². The first-order valence-electron chi connectivity index (χ1n) is 8.01. The first kappa shape index (κ1) is 22.0. The molecule has 0 aliphatic carbocycles. The molecule has 0 bridgehead atoms. The molecule has 0 aliphatic heterocycles. The second-order valence-corrected chi connectivity index (χ2v) is 10.6. The van der Waals surface area contributed by atoms with Crippen LogP contribution in [-0.4, -0.2) is 22.9 Å². The highest BCUT2D eigenvalue weighted by molar-refractivity contribution is 9.10. The molecule has 0 saturated carbocycles. The van der Waals surface area contributed by atoms with Gasteiger partial charge in [0.1, 0.15) is 5.82 Å². The molecule has 0 atom stereocenters. The third-order valence-corrected chi connectivity index (χ3v) is 7.37. The molecule has 2 rings (SSSR count). The van der Waals surface area contributed by atoms with Crippen LogP contribution in [0.25, 0.3) is 0 Å². The van der Waals surface area contributed by atoms with Crippen molar-refractivity contribution in [2.45, 2.75) is 37.1 Å². The molecule has 2 N–H and O–H groups in total. The maximum Gasteiger partial charge on any atom is 0.241 e. The molecule has 2 aromatic rings. The van der Waals surface area contributed by atoms with Crippen molar-refractivity contribution in [1.29, 1.82) is 0 Å². The van der Waals surface area contributed by atoms with E-state index in [9.17, 15) is 21.2 Å². The van der Waals surface area contributed by atoms with Gasteiger partial charge >= 0.3 is 0 Å². The van der Waals surface area contributed by atoms with E-state index < -0.39 is 25.9 Å². The van der Waals surface area contributed by atoms with Crippen molar-refractivity contribution in [1.82, 2.24) is 9.44 Å². The van der Waals surface area contributed by atoms with Crippen LogP contribution in [-0.2, 0) is 32.3 Å². The predicted octanol–water partition coefficient (Wildman–Crippen LogP) is 2.89. The van der Waals surface area contributed by atoms with Crippen molar-refractivity contribution in [3.05, 3.63) is 63.9 Å². The van der Waals surface area contributed by atoms with Gasteiger partial charge in [0.05, 0.1) is 10.6 Å². The summed E-state index contributed by atoms with van der Waals surface area (Å²) < 4.78 is 66.7. The molecule has 0 unspecified atom stereocenters. The Bertz CT molecular complexity index is 1010. The van der Waals surface area contributed by atoms with Crippen LogP contribution in [0.4, 0.5) is 4.39 Å². The van der Waals surface area contributed by atoms with Gasteiger partial charge in [-0.1, -0.05) is 24.3 Å². The lowest BCUT2D eigenvalue weighted by Crippen LogP contribution is -2.31. The first-order valence-corrected chi connectivity index (χ1v) is 11.9. The molecule has 0 heterocycles. The maximum atomic E-state index is 13.1. The van der Waals surface area contributed by atoms with E-state index >= 15 is 0 Å². The third-order valence-electron chi connectivity index (χ3n) is 3.44. The molecule has 27 heavy (non-hydrogen) atoms. The minimum Gasteiger partial charge on any atom is -0.212 e.